The molecule has 3 aromatic rings. The number of carbonyl (C=O) groups is 2. The van der Waals surface area contributed by atoms with Crippen LogP contribution in [0.2, 0.25) is 0 Å². The molecular formula is C28H32N2O5. The van der Waals surface area contributed by atoms with Crippen molar-refractivity contribution in [1.82, 2.24) is 9.88 Å². The van der Waals surface area contributed by atoms with E-state index in [2.05, 4.69) is 4.98 Å². The third kappa shape index (κ3) is 4.81. The highest BCUT2D eigenvalue weighted by Gasteiger charge is 2.43. The van der Waals surface area contributed by atoms with Crippen LogP contribution in [0, 0.1) is 12.3 Å². The molecule has 0 bridgehead atoms. The number of rotatable bonds is 7. The number of carboxylic acid groups (broad SMARTS) is 1. The summed E-state index contributed by atoms with van der Waals surface area (Å²) in [6.07, 6.45) is -6.76. The van der Waals surface area contributed by atoms with Gasteiger partial charge in [-0.3, -0.25) is 14.4 Å². The molecule has 2 heterocycles. The van der Waals surface area contributed by atoms with E-state index in [4.69, 9.17) is 14.3 Å². The number of nitrogens with zero attached hydrogens (tertiary/aromatic N) is 1. The van der Waals surface area contributed by atoms with E-state index >= 15 is 0 Å². The molecule has 0 radical (unpaired) electrons. The maximum Gasteiger partial charge on any atom is 0.311 e. The Morgan fingerprint density at radius 1 is 1.26 bits per heavy atom. The van der Waals surface area contributed by atoms with Gasteiger partial charge >= 0.3 is 5.97 Å². The molecule has 2 N–H and O–H groups in total. The summed E-state index contributed by atoms with van der Waals surface area (Å²) in [6.45, 7) is -0.762. The molecule has 1 saturated heterocycles. The summed E-state index contributed by atoms with van der Waals surface area (Å²) in [5, 5.41) is 11.1. The van der Waals surface area contributed by atoms with Crippen molar-refractivity contribution in [2.45, 2.75) is 52.4 Å². The fraction of sp³-hybridized carbons (Fsp3) is 0.393. The number of amides is 1. The van der Waals surface area contributed by atoms with Crippen LogP contribution in [0.5, 0.6) is 5.75 Å². The number of aliphatic carboxylic acids is 1. The molecule has 1 aliphatic rings. The summed E-state index contributed by atoms with van der Waals surface area (Å²) in [6, 6.07) is 12.5. The van der Waals surface area contributed by atoms with Gasteiger partial charge in [-0.15, -0.1) is 0 Å². The normalized spacial score (nSPS) is 23.0. The lowest BCUT2D eigenvalue weighted by atomic mass is 9.76. The quantitative estimate of drug-likeness (QED) is 0.505. The topological polar surface area (TPSA) is 99.7 Å². The molecule has 7 heteroatoms. The van der Waals surface area contributed by atoms with Gasteiger partial charge in [0.1, 0.15) is 5.75 Å². The Bertz CT molecular complexity index is 1590. The number of carboxylic acids is 1. The number of pyridine rings is 1. The van der Waals surface area contributed by atoms with Gasteiger partial charge in [-0.05, 0) is 67.8 Å². The molecule has 0 aliphatic carbocycles. The zero-order valence-corrected chi connectivity index (χ0v) is 19.6. The smallest absolute Gasteiger partial charge is 0.311 e. The van der Waals surface area contributed by atoms with Crippen LogP contribution in [-0.2, 0) is 9.59 Å². The second-order valence-electron chi connectivity index (χ2n) is 8.81. The molecule has 184 valence electrons. The van der Waals surface area contributed by atoms with Gasteiger partial charge in [-0.2, -0.15) is 0 Å². The van der Waals surface area contributed by atoms with E-state index in [1.165, 1.54) is 13.0 Å². The van der Waals surface area contributed by atoms with Gasteiger partial charge in [0.25, 0.3) is 11.5 Å². The van der Waals surface area contributed by atoms with Crippen molar-refractivity contribution in [3.8, 4) is 16.9 Å². The van der Waals surface area contributed by atoms with Crippen LogP contribution < -0.4 is 10.3 Å². The molecule has 4 rings (SSSR count). The van der Waals surface area contributed by atoms with Crippen molar-refractivity contribution >= 4 is 22.6 Å². The summed E-state index contributed by atoms with van der Waals surface area (Å²) < 4.78 is 61.2. The number of hydrogen-bond acceptors (Lipinski definition) is 4. The zero-order valence-electron chi connectivity index (χ0n) is 26.6. The number of likely N-dealkylation sites (tertiary alicyclic amines) is 1. The highest BCUT2D eigenvalue weighted by atomic mass is 16.5. The van der Waals surface area contributed by atoms with Gasteiger partial charge in [-0.1, -0.05) is 37.5 Å². The minimum atomic E-state index is -3.51. The molecule has 2 aromatic carbocycles. The average molecular weight is 484 g/mol. The summed E-state index contributed by atoms with van der Waals surface area (Å²) in [5.41, 5.74) is -0.116. The Kier molecular flexibility index (Phi) is 4.81. The summed E-state index contributed by atoms with van der Waals surface area (Å²) in [7, 11) is 0. The highest BCUT2D eigenvalue weighted by molar-refractivity contribution is 5.97. The maximum atomic E-state index is 13.4. The minimum Gasteiger partial charge on any atom is -0.481 e. The van der Waals surface area contributed by atoms with Crippen LogP contribution in [0.4, 0.5) is 0 Å². The number of H-pyrrole nitrogens is 1. The molecule has 0 unspecified atom stereocenters. The fourth-order valence-electron chi connectivity index (χ4n) is 4.62. The molecule has 35 heavy (non-hydrogen) atoms. The molecule has 7 nitrogen and oxygen atoms in total. The number of aromatic nitrogens is 1. The van der Waals surface area contributed by atoms with Gasteiger partial charge in [0.05, 0.1) is 10.8 Å². The van der Waals surface area contributed by atoms with Crippen LogP contribution in [0.25, 0.3) is 21.9 Å². The van der Waals surface area contributed by atoms with Gasteiger partial charge in [0, 0.05) is 34.4 Å². The van der Waals surface area contributed by atoms with E-state index in [0.29, 0.717) is 10.8 Å². The van der Waals surface area contributed by atoms with Gasteiger partial charge in [0.2, 0.25) is 0 Å². The second kappa shape index (κ2) is 9.94. The predicted octanol–water partition coefficient (Wildman–Crippen LogP) is 4.76. The molecule has 0 spiro atoms. The van der Waals surface area contributed by atoms with Crippen molar-refractivity contribution in [3.05, 3.63) is 64.6 Å². The van der Waals surface area contributed by atoms with Crippen LogP contribution in [0.3, 0.4) is 0 Å². The van der Waals surface area contributed by atoms with E-state index in [1.807, 2.05) is 31.2 Å². The van der Waals surface area contributed by atoms with E-state index in [0.717, 1.165) is 21.6 Å². The number of ether oxygens (including phenoxy) is 1. The van der Waals surface area contributed by atoms with Crippen molar-refractivity contribution in [2.24, 2.45) is 5.41 Å². The summed E-state index contributed by atoms with van der Waals surface area (Å²) in [4.78, 5) is 42.3. The Morgan fingerprint density at radius 3 is 2.80 bits per heavy atom. The monoisotopic (exact) mass is 483 g/mol. The Balaban J connectivity index is 1.61. The molecule has 2 atom stereocenters. The van der Waals surface area contributed by atoms with Crippen molar-refractivity contribution in [2.75, 3.05) is 13.1 Å². The number of fused-ring (bicyclic) bond motifs is 1. The number of piperidine rings is 1. The number of aryl methyl sites for hydroxylation is 1. The van der Waals surface area contributed by atoms with E-state index in [9.17, 15) is 19.5 Å². The summed E-state index contributed by atoms with van der Waals surface area (Å²) >= 11 is 0. The van der Waals surface area contributed by atoms with Gasteiger partial charge in [-0.25, -0.2) is 0 Å². The van der Waals surface area contributed by atoms with Crippen LogP contribution in [-0.4, -0.2) is 46.1 Å². The number of hydrogen-bond donors (Lipinski definition) is 2. The summed E-state index contributed by atoms with van der Waals surface area (Å²) in [5.74, 6) is -2.22. The SMILES string of the molecule is [2H]C([2H])([2H])C([2H])([2H])C([2H])([2H])[C@]1(C(=O)O)CCCN(C(=O)[C@@H](C)Oc2ccc3c(-c4ccccc4C)c[nH]c(=O)c3c2)C1. The third-order valence-corrected chi connectivity index (χ3v) is 6.48. The van der Waals surface area contributed by atoms with Crippen LogP contribution in [0.15, 0.2) is 53.5 Å². The minimum absolute atomic E-state index is 0.00831. The number of benzene rings is 2. The van der Waals surface area contributed by atoms with E-state index < -0.39 is 49.5 Å². The number of aromatic amines is 1. The van der Waals surface area contributed by atoms with E-state index in [-0.39, 0.29) is 30.7 Å². The number of nitrogens with one attached hydrogen (secondary N) is 1. The van der Waals surface area contributed by atoms with Gasteiger partial charge < -0.3 is 19.7 Å². The zero-order chi connectivity index (χ0) is 31.3. The first kappa shape index (κ1) is 16.9. The van der Waals surface area contributed by atoms with Crippen LogP contribution in [0.1, 0.15) is 54.5 Å². The van der Waals surface area contributed by atoms with Gasteiger partial charge in [0.15, 0.2) is 6.10 Å². The standard InChI is InChI=1S/C28H32N2O5/c1-4-12-28(27(33)34)13-7-14-30(17-28)26(32)19(3)35-20-10-11-22-23(15-20)25(31)29-16-24(22)21-9-6-5-8-18(21)2/h5-6,8-11,15-16,19H,4,7,12-14,17H2,1-3H3,(H,29,31)(H,33,34)/t19-,28+/m1/s1/i1D3,4D2,12D2. The molecule has 1 aromatic heterocycles. The Labute approximate surface area is 214 Å². The Morgan fingerprint density at radius 2 is 2.06 bits per heavy atom. The lowest BCUT2D eigenvalue weighted by Gasteiger charge is -2.40. The second-order valence-corrected chi connectivity index (χ2v) is 8.81. The molecule has 1 amide bonds. The lowest BCUT2D eigenvalue weighted by molar-refractivity contribution is -0.157. The largest absolute Gasteiger partial charge is 0.481 e. The first-order valence-electron chi connectivity index (χ1n) is 14.8. The lowest BCUT2D eigenvalue weighted by Crippen LogP contribution is -2.52. The molecule has 0 saturated carbocycles. The third-order valence-electron chi connectivity index (χ3n) is 6.48. The molecular weight excluding hydrogens is 444 g/mol. The predicted molar refractivity (Wildman–Crippen MR) is 136 cm³/mol. The van der Waals surface area contributed by atoms with E-state index in [1.54, 1.807) is 18.3 Å². The van der Waals surface area contributed by atoms with Crippen LogP contribution >= 0.6 is 0 Å². The average Bonchev–Trinajstić information content (AvgIpc) is 2.92. The molecule has 1 aliphatic heterocycles. The number of carbonyl (C=O) groups excluding carboxylic acids is 1. The Hall–Kier alpha value is -3.61. The van der Waals surface area contributed by atoms with Crippen molar-refractivity contribution < 1.29 is 29.0 Å². The first-order valence-corrected chi connectivity index (χ1v) is 11.3. The maximum absolute atomic E-state index is 13.4. The molecule has 1 fully saturated rings. The fourth-order valence-corrected chi connectivity index (χ4v) is 4.62. The highest BCUT2D eigenvalue weighted by Crippen LogP contribution is 2.36. The first-order chi connectivity index (χ1) is 19.4. The van der Waals surface area contributed by atoms with Crippen molar-refractivity contribution in [1.29, 1.82) is 0 Å². The van der Waals surface area contributed by atoms with Crippen molar-refractivity contribution in [3.63, 3.8) is 0 Å².